The summed E-state index contributed by atoms with van der Waals surface area (Å²) in [6.07, 6.45) is 0. The second-order valence-electron chi connectivity index (χ2n) is 3.90. The average Bonchev–Trinajstić information content (AvgIpc) is 2.42. The van der Waals surface area contributed by atoms with Crippen LogP contribution in [0.2, 0.25) is 0 Å². The van der Waals surface area contributed by atoms with Gasteiger partial charge in [0.25, 0.3) is 0 Å². The monoisotopic (exact) mass is 332 g/mol. The Hall–Kier alpha value is -0.414. The van der Waals surface area contributed by atoms with E-state index in [0.29, 0.717) is 5.69 Å². The van der Waals surface area contributed by atoms with Gasteiger partial charge in [-0.05, 0) is 23.4 Å². The van der Waals surface area contributed by atoms with Gasteiger partial charge in [0.05, 0.1) is 7.11 Å². The fourth-order valence-corrected chi connectivity index (χ4v) is 1.82. The maximum Gasteiger partial charge on any atom is 1.00 e. The number of benzene rings is 2. The molecule has 0 heterocycles. The van der Waals surface area contributed by atoms with E-state index in [-0.39, 0.29) is 56.3 Å². The van der Waals surface area contributed by atoms with E-state index in [1.807, 2.05) is 13.0 Å². The summed E-state index contributed by atoms with van der Waals surface area (Å²) in [5, 5.41) is 0. The Labute approximate surface area is 167 Å². The molecule has 0 spiro atoms. The van der Waals surface area contributed by atoms with E-state index in [1.165, 1.54) is 18.2 Å². The van der Waals surface area contributed by atoms with Crippen LogP contribution >= 0.6 is 0 Å². The molecule has 0 amide bonds. The topological polar surface area (TPSA) is 87.4 Å². The van der Waals surface area contributed by atoms with Gasteiger partial charge in [0.2, 0.25) is 10.1 Å². The van der Waals surface area contributed by atoms with Crippen LogP contribution in [0.25, 0.3) is 5.73 Å². The first-order chi connectivity index (χ1) is 9.34. The third-order valence-corrected chi connectivity index (χ3v) is 3.23. The van der Waals surface area contributed by atoms with Crippen molar-refractivity contribution in [2.75, 3.05) is 7.11 Å². The van der Waals surface area contributed by atoms with Gasteiger partial charge in [0.1, 0.15) is 5.75 Å². The van der Waals surface area contributed by atoms with Crippen molar-refractivity contribution in [3.05, 3.63) is 59.8 Å². The summed E-state index contributed by atoms with van der Waals surface area (Å²) < 4.78 is 34.2. The number of hydrogen-bond acceptors (Lipinski definition) is 3. The molecule has 0 bridgehead atoms. The standard InChI is InChI=1S/C8H10NO.C6H5O3S.K/c1-6-3-4-7(9)5-8(6)10-2;7-10(8,9)6-4-2-1-3-5-6;/h3-5,9H,1-2H3;1-2,4-5H,(H,7,8,9);/q2*-1;+1. The molecule has 0 unspecified atom stereocenters. The van der Waals surface area contributed by atoms with E-state index in [9.17, 15) is 8.42 Å². The first kappa shape index (κ1) is 20.6. The fourth-order valence-electron chi connectivity index (χ4n) is 1.36. The SMILES string of the molecule is COc1cc([NH-])ccc1C.O=S(=O)(O)c1c[c-]ccc1.[K+]. The zero-order valence-electron chi connectivity index (χ0n) is 12.1. The van der Waals surface area contributed by atoms with Gasteiger partial charge in [-0.1, -0.05) is 12.1 Å². The third-order valence-electron chi connectivity index (χ3n) is 2.38. The maximum absolute atomic E-state index is 10.4. The molecule has 0 aliphatic rings. The fraction of sp³-hybridized carbons (Fsp3) is 0.143. The summed E-state index contributed by atoms with van der Waals surface area (Å²) in [6, 6.07) is 13.4. The predicted octanol–water partition coefficient (Wildman–Crippen LogP) is 0.425. The van der Waals surface area contributed by atoms with Crippen molar-refractivity contribution in [3.8, 4) is 5.75 Å². The third kappa shape index (κ3) is 7.41. The maximum atomic E-state index is 10.4. The number of methoxy groups -OCH3 is 1. The molecule has 2 aromatic rings. The quantitative estimate of drug-likeness (QED) is 0.491. The van der Waals surface area contributed by atoms with Gasteiger partial charge in [0, 0.05) is 0 Å². The molecule has 0 fully saturated rings. The first-order valence-corrected chi connectivity index (χ1v) is 7.08. The van der Waals surface area contributed by atoms with Gasteiger partial charge in [-0.15, -0.1) is 5.69 Å². The van der Waals surface area contributed by atoms with E-state index in [0.717, 1.165) is 11.3 Å². The van der Waals surface area contributed by atoms with Crippen molar-refractivity contribution in [2.24, 2.45) is 0 Å². The van der Waals surface area contributed by atoms with Crippen LogP contribution in [0, 0.1) is 13.0 Å². The van der Waals surface area contributed by atoms with Crippen molar-refractivity contribution >= 4 is 15.8 Å². The summed E-state index contributed by atoms with van der Waals surface area (Å²) >= 11 is 0. The van der Waals surface area contributed by atoms with Crippen LogP contribution < -0.4 is 56.1 Å². The van der Waals surface area contributed by atoms with Crippen LogP contribution in [0.5, 0.6) is 5.75 Å². The number of nitrogens with one attached hydrogen (secondary N) is 1. The minimum Gasteiger partial charge on any atom is -0.699 e. The smallest absolute Gasteiger partial charge is 0.699 e. The summed E-state index contributed by atoms with van der Waals surface area (Å²) in [6.45, 7) is 1.96. The van der Waals surface area contributed by atoms with E-state index in [4.69, 9.17) is 15.0 Å². The molecule has 0 aromatic heterocycles. The molecule has 21 heavy (non-hydrogen) atoms. The molecule has 0 atom stereocenters. The van der Waals surface area contributed by atoms with Crippen molar-refractivity contribution in [1.82, 2.24) is 0 Å². The van der Waals surface area contributed by atoms with Crippen molar-refractivity contribution in [1.29, 1.82) is 0 Å². The van der Waals surface area contributed by atoms with Crippen molar-refractivity contribution in [3.63, 3.8) is 0 Å². The summed E-state index contributed by atoms with van der Waals surface area (Å²) in [5.41, 5.74) is 8.81. The Bertz CT molecular complexity index is 660. The van der Waals surface area contributed by atoms with Gasteiger partial charge < -0.3 is 10.5 Å². The average molecular weight is 332 g/mol. The molecule has 5 nitrogen and oxygen atoms in total. The first-order valence-electron chi connectivity index (χ1n) is 5.64. The Kier molecular flexibility index (Phi) is 9.38. The van der Waals surface area contributed by atoms with Gasteiger partial charge >= 0.3 is 51.4 Å². The van der Waals surface area contributed by atoms with Gasteiger partial charge in [0.15, 0.2) is 0 Å². The number of hydrogen-bond donors (Lipinski definition) is 1. The van der Waals surface area contributed by atoms with Crippen molar-refractivity contribution < 1.29 is 69.1 Å². The summed E-state index contributed by atoms with van der Waals surface area (Å²) in [5.74, 6) is 0.785. The normalized spacial score (nSPS) is 9.86. The molecule has 0 saturated carbocycles. The van der Waals surface area contributed by atoms with Gasteiger partial charge in [-0.25, -0.2) is 8.42 Å². The Morgan fingerprint density at radius 2 is 1.95 bits per heavy atom. The van der Waals surface area contributed by atoms with E-state index >= 15 is 0 Å². The Morgan fingerprint density at radius 1 is 1.29 bits per heavy atom. The van der Waals surface area contributed by atoms with Crippen LogP contribution in [0.4, 0.5) is 5.69 Å². The molecule has 2 N–H and O–H groups in total. The Balaban J connectivity index is 0.000000364. The molecule has 7 heteroatoms. The molecule has 2 rings (SSSR count). The molecular formula is C14H15KNO4S-. The Morgan fingerprint density at radius 3 is 2.33 bits per heavy atom. The number of ether oxygens (including phenoxy) is 1. The predicted molar refractivity (Wildman–Crippen MR) is 76.8 cm³/mol. The van der Waals surface area contributed by atoms with Crippen LogP contribution in [-0.2, 0) is 10.1 Å². The largest absolute Gasteiger partial charge is 1.00 e. The van der Waals surface area contributed by atoms with Crippen LogP contribution in [0.15, 0.2) is 47.4 Å². The number of rotatable bonds is 2. The van der Waals surface area contributed by atoms with Crippen LogP contribution in [-0.4, -0.2) is 20.1 Å². The van der Waals surface area contributed by atoms with E-state index in [1.54, 1.807) is 25.3 Å². The van der Waals surface area contributed by atoms with Gasteiger partial charge in [-0.3, -0.25) is 4.55 Å². The molecule has 0 aliphatic heterocycles. The van der Waals surface area contributed by atoms with Gasteiger partial charge in [-0.2, -0.15) is 30.3 Å². The molecule has 0 saturated heterocycles. The molecule has 0 radical (unpaired) electrons. The second kappa shape index (κ2) is 9.57. The minimum absolute atomic E-state index is 0. The summed E-state index contributed by atoms with van der Waals surface area (Å²) in [4.78, 5) is -0.130. The molecule has 2 aromatic carbocycles. The second-order valence-corrected chi connectivity index (χ2v) is 5.32. The van der Waals surface area contributed by atoms with E-state index < -0.39 is 10.1 Å². The molecular weight excluding hydrogens is 317 g/mol. The van der Waals surface area contributed by atoms with Crippen LogP contribution in [0.3, 0.4) is 0 Å². The van der Waals surface area contributed by atoms with E-state index in [2.05, 4.69) is 6.07 Å². The zero-order valence-corrected chi connectivity index (χ0v) is 16.1. The molecule has 108 valence electrons. The minimum atomic E-state index is -4.03. The van der Waals surface area contributed by atoms with Crippen LogP contribution in [0.1, 0.15) is 5.56 Å². The number of aryl methyl sites for hydroxylation is 1. The molecule has 0 aliphatic carbocycles. The summed E-state index contributed by atoms with van der Waals surface area (Å²) in [7, 11) is -2.42. The van der Waals surface area contributed by atoms with Crippen molar-refractivity contribution in [2.45, 2.75) is 11.8 Å². The zero-order chi connectivity index (χ0) is 15.2.